The van der Waals surface area contributed by atoms with Gasteiger partial charge in [0.05, 0.1) is 11.2 Å². The highest BCUT2D eigenvalue weighted by Gasteiger charge is 2.07. The number of pyridine rings is 1. The van der Waals surface area contributed by atoms with Gasteiger partial charge in [0.1, 0.15) is 16.5 Å². The van der Waals surface area contributed by atoms with Gasteiger partial charge >= 0.3 is 0 Å². The van der Waals surface area contributed by atoms with Gasteiger partial charge in [-0.05, 0) is 23.8 Å². The lowest BCUT2D eigenvalue weighted by atomic mass is 10.2. The van der Waals surface area contributed by atoms with Gasteiger partial charge in [-0.25, -0.2) is 0 Å². The molecule has 0 bridgehead atoms. The number of rotatable bonds is 5. The Labute approximate surface area is 128 Å². The van der Waals surface area contributed by atoms with E-state index in [1.807, 2.05) is 12.3 Å². The second-order valence-electron chi connectivity index (χ2n) is 4.72. The zero-order valence-corrected chi connectivity index (χ0v) is 12.9. The van der Waals surface area contributed by atoms with Crippen molar-refractivity contribution in [2.75, 3.05) is 0 Å². The molecular weight excluding hydrogens is 295 g/mol. The van der Waals surface area contributed by atoms with Gasteiger partial charge in [-0.1, -0.05) is 43.1 Å². The van der Waals surface area contributed by atoms with Crippen LogP contribution in [0.15, 0.2) is 36.7 Å². The van der Waals surface area contributed by atoms with E-state index in [1.54, 1.807) is 24.4 Å². The van der Waals surface area contributed by atoms with Crippen molar-refractivity contribution in [3.05, 3.63) is 52.3 Å². The van der Waals surface area contributed by atoms with Crippen molar-refractivity contribution in [2.24, 2.45) is 0 Å². The standard InChI is InChI=1S/C15H16Cl2N2O/c1-10(2)19-8-11-6-12(9-18-7-11)20-14-5-3-4-13(16)15(14)17/h3-7,9-10,19H,8H2,1-2H3. The van der Waals surface area contributed by atoms with E-state index in [9.17, 15) is 0 Å². The lowest BCUT2D eigenvalue weighted by Gasteiger charge is -2.11. The maximum Gasteiger partial charge on any atom is 0.147 e. The van der Waals surface area contributed by atoms with Crippen LogP contribution in [0.3, 0.4) is 0 Å². The van der Waals surface area contributed by atoms with E-state index >= 15 is 0 Å². The van der Waals surface area contributed by atoms with Crippen LogP contribution in [0, 0.1) is 0 Å². The van der Waals surface area contributed by atoms with Crippen molar-refractivity contribution in [1.29, 1.82) is 0 Å². The molecule has 5 heteroatoms. The largest absolute Gasteiger partial charge is 0.454 e. The molecule has 0 unspecified atom stereocenters. The summed E-state index contributed by atoms with van der Waals surface area (Å²) in [5.74, 6) is 1.16. The van der Waals surface area contributed by atoms with E-state index in [0.29, 0.717) is 27.6 Å². The first kappa shape index (κ1) is 15.1. The molecule has 0 saturated carbocycles. The number of nitrogens with zero attached hydrogens (tertiary/aromatic N) is 1. The van der Waals surface area contributed by atoms with Crippen molar-refractivity contribution in [1.82, 2.24) is 10.3 Å². The zero-order chi connectivity index (χ0) is 14.5. The van der Waals surface area contributed by atoms with Gasteiger partial charge in [-0.3, -0.25) is 4.98 Å². The van der Waals surface area contributed by atoms with Crippen LogP contribution in [0.1, 0.15) is 19.4 Å². The molecule has 0 fully saturated rings. The number of halogens is 2. The number of benzene rings is 1. The first-order valence-electron chi connectivity index (χ1n) is 6.35. The average molecular weight is 311 g/mol. The average Bonchev–Trinajstić information content (AvgIpc) is 2.42. The fourth-order valence-electron chi connectivity index (χ4n) is 1.63. The fourth-order valence-corrected chi connectivity index (χ4v) is 1.96. The van der Waals surface area contributed by atoms with E-state index in [-0.39, 0.29) is 0 Å². The van der Waals surface area contributed by atoms with Crippen LogP contribution in [0.5, 0.6) is 11.5 Å². The van der Waals surface area contributed by atoms with E-state index in [1.165, 1.54) is 0 Å². The van der Waals surface area contributed by atoms with Crippen molar-refractivity contribution in [3.63, 3.8) is 0 Å². The van der Waals surface area contributed by atoms with Gasteiger partial charge in [0.2, 0.25) is 0 Å². The van der Waals surface area contributed by atoms with Gasteiger partial charge < -0.3 is 10.1 Å². The number of hydrogen-bond donors (Lipinski definition) is 1. The van der Waals surface area contributed by atoms with Crippen LogP contribution >= 0.6 is 23.2 Å². The Hall–Kier alpha value is -1.29. The summed E-state index contributed by atoms with van der Waals surface area (Å²) in [5.41, 5.74) is 1.05. The minimum absolute atomic E-state index is 0.403. The van der Waals surface area contributed by atoms with Crippen molar-refractivity contribution in [2.45, 2.75) is 26.4 Å². The molecule has 106 valence electrons. The topological polar surface area (TPSA) is 34.2 Å². The maximum absolute atomic E-state index is 6.10. The summed E-state index contributed by atoms with van der Waals surface area (Å²) in [5, 5.41) is 4.20. The lowest BCUT2D eigenvalue weighted by molar-refractivity contribution is 0.478. The molecule has 2 rings (SSSR count). The SMILES string of the molecule is CC(C)NCc1cncc(Oc2cccc(Cl)c2Cl)c1. The molecule has 0 aliphatic heterocycles. The highest BCUT2D eigenvalue weighted by molar-refractivity contribution is 6.42. The molecule has 0 radical (unpaired) electrons. The van der Waals surface area contributed by atoms with Crippen LogP contribution in [0.2, 0.25) is 10.0 Å². The second kappa shape index (κ2) is 6.93. The molecule has 1 aromatic carbocycles. The summed E-state index contributed by atoms with van der Waals surface area (Å²) in [6.45, 7) is 4.93. The Morgan fingerprint density at radius 2 is 2.05 bits per heavy atom. The van der Waals surface area contributed by atoms with Crippen LogP contribution < -0.4 is 10.1 Å². The molecule has 0 amide bonds. The first-order valence-corrected chi connectivity index (χ1v) is 7.11. The molecule has 0 spiro atoms. The molecule has 0 saturated heterocycles. The molecule has 1 heterocycles. The summed E-state index contributed by atoms with van der Waals surface area (Å²) >= 11 is 12.1. The smallest absolute Gasteiger partial charge is 0.147 e. The Morgan fingerprint density at radius 3 is 2.80 bits per heavy atom. The molecule has 0 atom stereocenters. The van der Waals surface area contributed by atoms with E-state index < -0.39 is 0 Å². The predicted molar refractivity (Wildman–Crippen MR) is 82.7 cm³/mol. The minimum Gasteiger partial charge on any atom is -0.454 e. The van der Waals surface area contributed by atoms with E-state index in [2.05, 4.69) is 24.1 Å². The minimum atomic E-state index is 0.403. The number of nitrogens with one attached hydrogen (secondary N) is 1. The summed E-state index contributed by atoms with van der Waals surface area (Å²) in [6.07, 6.45) is 3.46. The molecule has 3 nitrogen and oxygen atoms in total. The Kier molecular flexibility index (Phi) is 5.24. The van der Waals surface area contributed by atoms with Crippen LogP contribution in [0.25, 0.3) is 0 Å². The molecule has 2 aromatic rings. The van der Waals surface area contributed by atoms with Crippen molar-refractivity contribution >= 4 is 23.2 Å². The lowest BCUT2D eigenvalue weighted by Crippen LogP contribution is -2.21. The van der Waals surface area contributed by atoms with Gasteiger partial charge in [0.15, 0.2) is 0 Å². The highest BCUT2D eigenvalue weighted by atomic mass is 35.5. The predicted octanol–water partition coefficient (Wildman–Crippen LogP) is 4.68. The normalized spacial score (nSPS) is 10.8. The van der Waals surface area contributed by atoms with Gasteiger partial charge in [-0.15, -0.1) is 0 Å². The van der Waals surface area contributed by atoms with E-state index in [4.69, 9.17) is 27.9 Å². The van der Waals surface area contributed by atoms with Crippen molar-refractivity contribution in [3.8, 4) is 11.5 Å². The van der Waals surface area contributed by atoms with Gasteiger partial charge in [0.25, 0.3) is 0 Å². The van der Waals surface area contributed by atoms with Crippen LogP contribution in [0.4, 0.5) is 0 Å². The summed E-state index contributed by atoms with van der Waals surface area (Å²) < 4.78 is 5.73. The molecule has 0 aliphatic rings. The highest BCUT2D eigenvalue weighted by Crippen LogP contribution is 2.34. The Balaban J connectivity index is 2.13. The molecule has 1 aromatic heterocycles. The number of ether oxygens (including phenoxy) is 1. The molecule has 1 N–H and O–H groups in total. The maximum atomic E-state index is 6.10. The molecular formula is C15H16Cl2N2O. The second-order valence-corrected chi connectivity index (χ2v) is 5.50. The number of aromatic nitrogens is 1. The first-order chi connectivity index (χ1) is 9.56. The zero-order valence-electron chi connectivity index (χ0n) is 11.4. The summed E-state index contributed by atoms with van der Waals surface area (Å²) in [4.78, 5) is 4.17. The molecule has 0 aliphatic carbocycles. The third-order valence-electron chi connectivity index (χ3n) is 2.63. The molecule has 20 heavy (non-hydrogen) atoms. The van der Waals surface area contributed by atoms with Crippen LogP contribution in [-0.4, -0.2) is 11.0 Å². The Morgan fingerprint density at radius 1 is 1.25 bits per heavy atom. The van der Waals surface area contributed by atoms with E-state index in [0.717, 1.165) is 12.1 Å². The van der Waals surface area contributed by atoms with Gasteiger partial charge in [0, 0.05) is 18.8 Å². The van der Waals surface area contributed by atoms with Gasteiger partial charge in [-0.2, -0.15) is 0 Å². The van der Waals surface area contributed by atoms with Crippen LogP contribution in [-0.2, 0) is 6.54 Å². The monoisotopic (exact) mass is 310 g/mol. The summed E-state index contributed by atoms with van der Waals surface area (Å²) in [6, 6.07) is 7.63. The number of hydrogen-bond acceptors (Lipinski definition) is 3. The third kappa shape index (κ3) is 4.10. The third-order valence-corrected chi connectivity index (χ3v) is 3.43. The fraction of sp³-hybridized carbons (Fsp3) is 0.267. The quantitative estimate of drug-likeness (QED) is 0.870. The summed E-state index contributed by atoms with van der Waals surface area (Å²) in [7, 11) is 0. The Bertz CT molecular complexity index is 588. The van der Waals surface area contributed by atoms with Crippen molar-refractivity contribution < 1.29 is 4.74 Å².